The quantitative estimate of drug-likeness (QED) is 0.282. The van der Waals surface area contributed by atoms with Crippen molar-refractivity contribution in [3.63, 3.8) is 0 Å². The number of halogens is 5. The molecular formula is C18H10F5O2P. The van der Waals surface area contributed by atoms with Crippen LogP contribution in [-0.2, 0) is 4.57 Å². The molecule has 0 amide bonds. The van der Waals surface area contributed by atoms with Gasteiger partial charge in [0.05, 0.1) is 5.30 Å². The SMILES string of the molecule is O=P(Oc1ccccc1)(c1ccccc1)c1c(F)c(F)c(F)c(F)c1F. The van der Waals surface area contributed by atoms with Gasteiger partial charge in [0.15, 0.2) is 23.3 Å². The van der Waals surface area contributed by atoms with E-state index in [4.69, 9.17) is 4.52 Å². The van der Waals surface area contributed by atoms with Crippen molar-refractivity contribution in [1.82, 2.24) is 0 Å². The topological polar surface area (TPSA) is 26.3 Å². The normalized spacial score (nSPS) is 13.3. The molecule has 0 spiro atoms. The first-order valence-electron chi connectivity index (χ1n) is 7.28. The molecule has 0 aliphatic carbocycles. The van der Waals surface area contributed by atoms with Crippen LogP contribution in [0.25, 0.3) is 0 Å². The summed E-state index contributed by atoms with van der Waals surface area (Å²) in [6.07, 6.45) is 0. The maximum atomic E-state index is 14.3. The highest BCUT2D eigenvalue weighted by Gasteiger charge is 2.41. The van der Waals surface area contributed by atoms with E-state index >= 15 is 0 Å². The highest BCUT2D eigenvalue weighted by Crippen LogP contribution is 2.47. The largest absolute Gasteiger partial charge is 0.437 e. The minimum absolute atomic E-state index is 0.0522. The first kappa shape index (κ1) is 18.1. The Bertz CT molecular complexity index is 964. The van der Waals surface area contributed by atoms with Crippen molar-refractivity contribution in [3.8, 4) is 5.75 Å². The van der Waals surface area contributed by atoms with Gasteiger partial charge in [-0.25, -0.2) is 22.0 Å². The van der Waals surface area contributed by atoms with E-state index < -0.39 is 41.8 Å². The number of benzene rings is 3. The van der Waals surface area contributed by atoms with Gasteiger partial charge in [-0.3, -0.25) is 4.57 Å². The van der Waals surface area contributed by atoms with Crippen molar-refractivity contribution in [2.75, 3.05) is 0 Å². The fraction of sp³-hybridized carbons (Fsp3) is 0. The first-order valence-corrected chi connectivity index (χ1v) is 8.91. The summed E-state index contributed by atoms with van der Waals surface area (Å²) in [7, 11) is -4.69. The summed E-state index contributed by atoms with van der Waals surface area (Å²) in [5.74, 6) is -11.1. The first-order chi connectivity index (χ1) is 12.4. The maximum Gasteiger partial charge on any atom is 0.312 e. The predicted molar refractivity (Wildman–Crippen MR) is 86.6 cm³/mol. The summed E-state index contributed by atoms with van der Waals surface area (Å²) in [4.78, 5) is 0. The van der Waals surface area contributed by atoms with Crippen LogP contribution < -0.4 is 15.1 Å². The average molecular weight is 384 g/mol. The van der Waals surface area contributed by atoms with Crippen LogP contribution in [-0.4, -0.2) is 0 Å². The van der Waals surface area contributed by atoms with Crippen molar-refractivity contribution in [2.45, 2.75) is 0 Å². The molecule has 0 radical (unpaired) electrons. The highest BCUT2D eigenvalue weighted by atomic mass is 31.2. The van der Waals surface area contributed by atoms with Gasteiger partial charge in [0, 0.05) is 0 Å². The second-order valence-corrected chi connectivity index (χ2v) is 7.46. The Balaban J connectivity index is 2.32. The van der Waals surface area contributed by atoms with Crippen molar-refractivity contribution in [3.05, 3.63) is 89.7 Å². The van der Waals surface area contributed by atoms with Crippen LogP contribution in [0.2, 0.25) is 0 Å². The molecule has 0 aliphatic heterocycles. The monoisotopic (exact) mass is 384 g/mol. The Morgan fingerprint density at radius 2 is 1.04 bits per heavy atom. The maximum absolute atomic E-state index is 14.3. The molecule has 2 nitrogen and oxygen atoms in total. The molecule has 1 unspecified atom stereocenters. The summed E-state index contributed by atoms with van der Waals surface area (Å²) in [5, 5.41) is -1.71. The summed E-state index contributed by atoms with van der Waals surface area (Å²) in [5.41, 5.74) is 0. The lowest BCUT2D eigenvalue weighted by molar-refractivity contribution is 0.382. The molecule has 0 heterocycles. The highest BCUT2D eigenvalue weighted by molar-refractivity contribution is 7.74. The minimum Gasteiger partial charge on any atom is -0.437 e. The number of hydrogen-bond acceptors (Lipinski definition) is 2. The molecule has 0 bridgehead atoms. The fourth-order valence-electron chi connectivity index (χ4n) is 2.33. The Labute approximate surface area is 145 Å². The zero-order valence-corrected chi connectivity index (χ0v) is 13.8. The minimum atomic E-state index is -4.69. The van der Waals surface area contributed by atoms with Gasteiger partial charge in [-0.2, -0.15) is 0 Å². The molecule has 0 saturated carbocycles. The van der Waals surface area contributed by atoms with E-state index in [2.05, 4.69) is 0 Å². The molecule has 0 fully saturated rings. The molecule has 1 atom stereocenters. The Hall–Kier alpha value is -2.66. The molecule has 3 aromatic carbocycles. The molecule has 0 saturated heterocycles. The number of para-hydroxylation sites is 1. The summed E-state index contributed by atoms with van der Waals surface area (Å²) < 4.78 is 88.1. The molecule has 3 rings (SSSR count). The van der Waals surface area contributed by atoms with Crippen LogP contribution in [0.5, 0.6) is 5.75 Å². The van der Waals surface area contributed by atoms with Crippen LogP contribution in [0.4, 0.5) is 22.0 Å². The van der Waals surface area contributed by atoms with E-state index in [1.54, 1.807) is 6.07 Å². The van der Waals surface area contributed by atoms with Crippen LogP contribution in [0.15, 0.2) is 60.7 Å². The number of rotatable bonds is 4. The van der Waals surface area contributed by atoms with Crippen LogP contribution in [0.3, 0.4) is 0 Å². The zero-order valence-electron chi connectivity index (χ0n) is 12.9. The van der Waals surface area contributed by atoms with Crippen molar-refractivity contribution >= 4 is 18.0 Å². The molecule has 0 aliphatic rings. The van der Waals surface area contributed by atoms with Gasteiger partial charge in [-0.15, -0.1) is 0 Å². The van der Waals surface area contributed by atoms with Crippen LogP contribution >= 0.6 is 7.37 Å². The smallest absolute Gasteiger partial charge is 0.312 e. The lowest BCUT2D eigenvalue weighted by Crippen LogP contribution is -2.28. The predicted octanol–water partition coefficient (Wildman–Crippen LogP) is 4.69. The Kier molecular flexibility index (Phi) is 4.83. The standard InChI is InChI=1S/C18H10F5O2P/c19-13-14(20)16(22)18(17(23)15(13)21)26(24,12-9-5-2-6-10-12)25-11-7-3-1-4-8-11/h1-10H. The third-order valence-electron chi connectivity index (χ3n) is 3.55. The summed E-state index contributed by atoms with van der Waals surface area (Å²) in [6.45, 7) is 0. The molecule has 0 N–H and O–H groups in total. The van der Waals surface area contributed by atoms with Crippen molar-refractivity contribution in [2.24, 2.45) is 0 Å². The molecule has 0 aromatic heterocycles. The van der Waals surface area contributed by atoms with E-state index in [0.29, 0.717) is 0 Å². The van der Waals surface area contributed by atoms with Gasteiger partial charge in [-0.1, -0.05) is 36.4 Å². The fourth-order valence-corrected chi connectivity index (χ4v) is 4.48. The van der Waals surface area contributed by atoms with E-state index in [1.807, 2.05) is 0 Å². The molecular weight excluding hydrogens is 374 g/mol. The molecule has 26 heavy (non-hydrogen) atoms. The van der Waals surface area contributed by atoms with Gasteiger partial charge in [0.1, 0.15) is 11.1 Å². The van der Waals surface area contributed by atoms with E-state index in [-0.39, 0.29) is 11.1 Å². The van der Waals surface area contributed by atoms with Gasteiger partial charge in [0.25, 0.3) is 0 Å². The molecule has 134 valence electrons. The van der Waals surface area contributed by atoms with Gasteiger partial charge >= 0.3 is 7.37 Å². The van der Waals surface area contributed by atoms with E-state index in [1.165, 1.54) is 54.6 Å². The van der Waals surface area contributed by atoms with Gasteiger partial charge in [0.2, 0.25) is 5.82 Å². The molecule has 3 aromatic rings. The van der Waals surface area contributed by atoms with Crippen molar-refractivity contribution in [1.29, 1.82) is 0 Å². The van der Waals surface area contributed by atoms with Gasteiger partial charge < -0.3 is 4.52 Å². The average Bonchev–Trinajstić information content (AvgIpc) is 2.66. The van der Waals surface area contributed by atoms with E-state index in [9.17, 15) is 26.5 Å². The second kappa shape index (κ2) is 6.92. The zero-order chi connectivity index (χ0) is 18.9. The summed E-state index contributed by atoms with van der Waals surface area (Å²) >= 11 is 0. The third kappa shape index (κ3) is 2.99. The summed E-state index contributed by atoms with van der Waals surface area (Å²) in [6, 6.07) is 14.1. The Morgan fingerprint density at radius 1 is 0.615 bits per heavy atom. The Morgan fingerprint density at radius 3 is 1.54 bits per heavy atom. The number of hydrogen-bond donors (Lipinski definition) is 0. The third-order valence-corrected chi connectivity index (χ3v) is 5.98. The molecule has 8 heteroatoms. The second-order valence-electron chi connectivity index (χ2n) is 5.21. The van der Waals surface area contributed by atoms with Gasteiger partial charge in [-0.05, 0) is 24.3 Å². The van der Waals surface area contributed by atoms with Crippen LogP contribution in [0, 0.1) is 29.1 Å². The van der Waals surface area contributed by atoms with Crippen molar-refractivity contribution < 1.29 is 31.0 Å². The van der Waals surface area contributed by atoms with Crippen LogP contribution in [0.1, 0.15) is 0 Å². The lowest BCUT2D eigenvalue weighted by Gasteiger charge is -2.21. The van der Waals surface area contributed by atoms with E-state index in [0.717, 1.165) is 0 Å². The lowest BCUT2D eigenvalue weighted by atomic mass is 10.3.